The fourth-order valence-corrected chi connectivity index (χ4v) is 3.73. The lowest BCUT2D eigenvalue weighted by Gasteiger charge is -2.05. The number of esters is 1. The summed E-state index contributed by atoms with van der Waals surface area (Å²) in [7, 11) is 1.34. The zero-order valence-corrected chi connectivity index (χ0v) is 16.2. The molecule has 3 aromatic rings. The lowest BCUT2D eigenvalue weighted by molar-refractivity contribution is -0.141. The maximum Gasteiger partial charge on any atom is 0.325 e. The molecule has 0 saturated heterocycles. The smallest absolute Gasteiger partial charge is 0.325 e. The highest BCUT2D eigenvalue weighted by molar-refractivity contribution is 7.16. The van der Waals surface area contributed by atoms with Gasteiger partial charge in [-0.2, -0.15) is 4.99 Å². The summed E-state index contributed by atoms with van der Waals surface area (Å²) in [6.45, 7) is 4.05. The maximum absolute atomic E-state index is 12.3. The van der Waals surface area contributed by atoms with E-state index in [0.717, 1.165) is 26.9 Å². The number of ether oxygens (including phenoxy) is 1. The van der Waals surface area contributed by atoms with Crippen molar-refractivity contribution in [2.75, 3.05) is 7.11 Å². The average Bonchev–Trinajstić information content (AvgIpc) is 2.97. The molecule has 0 N–H and O–H groups in total. The molecule has 0 aliphatic carbocycles. The van der Waals surface area contributed by atoms with Crippen molar-refractivity contribution in [1.82, 2.24) is 4.57 Å². The van der Waals surface area contributed by atoms with Crippen LogP contribution >= 0.6 is 11.3 Å². The highest BCUT2D eigenvalue weighted by Crippen LogP contribution is 2.22. The Hall–Kier alpha value is -2.99. The third kappa shape index (κ3) is 4.41. The molecule has 1 aromatic heterocycles. The monoisotopic (exact) mass is 380 g/mol. The number of carbonyl (C=O) groups is 2. The average molecular weight is 380 g/mol. The van der Waals surface area contributed by atoms with Gasteiger partial charge in [0.2, 0.25) is 0 Å². The Bertz CT molecular complexity index is 1090. The minimum Gasteiger partial charge on any atom is -0.468 e. The van der Waals surface area contributed by atoms with Gasteiger partial charge in [0.15, 0.2) is 4.80 Å². The van der Waals surface area contributed by atoms with Gasteiger partial charge < -0.3 is 9.30 Å². The molecule has 138 valence electrons. The van der Waals surface area contributed by atoms with E-state index in [4.69, 9.17) is 4.74 Å². The molecule has 5 nitrogen and oxygen atoms in total. The normalized spacial score (nSPS) is 12.0. The lowest BCUT2D eigenvalue weighted by Crippen LogP contribution is -2.22. The predicted molar refractivity (Wildman–Crippen MR) is 107 cm³/mol. The first-order valence-electron chi connectivity index (χ1n) is 8.47. The van der Waals surface area contributed by atoms with Crippen LogP contribution in [0.25, 0.3) is 16.3 Å². The fourth-order valence-electron chi connectivity index (χ4n) is 2.62. The first kappa shape index (κ1) is 18.8. The number of methoxy groups -OCH3 is 1. The van der Waals surface area contributed by atoms with Crippen LogP contribution in [-0.2, 0) is 20.9 Å². The van der Waals surface area contributed by atoms with Crippen LogP contribution < -0.4 is 4.80 Å². The van der Waals surface area contributed by atoms with E-state index in [1.54, 1.807) is 10.6 Å². The molecule has 1 amide bonds. The Morgan fingerprint density at radius 3 is 2.56 bits per heavy atom. The second kappa shape index (κ2) is 8.14. The van der Waals surface area contributed by atoms with Gasteiger partial charge in [-0.15, -0.1) is 0 Å². The van der Waals surface area contributed by atoms with Gasteiger partial charge in [0.25, 0.3) is 5.91 Å². The Kier molecular flexibility index (Phi) is 5.66. The molecule has 0 spiro atoms. The van der Waals surface area contributed by atoms with Crippen LogP contribution in [0.1, 0.15) is 16.7 Å². The van der Waals surface area contributed by atoms with Gasteiger partial charge in [-0.1, -0.05) is 41.7 Å². The minimum atomic E-state index is -0.387. The van der Waals surface area contributed by atoms with Crippen LogP contribution in [0.2, 0.25) is 0 Å². The largest absolute Gasteiger partial charge is 0.468 e. The van der Waals surface area contributed by atoms with Crippen molar-refractivity contribution in [2.45, 2.75) is 20.4 Å². The van der Waals surface area contributed by atoms with Crippen molar-refractivity contribution in [3.05, 3.63) is 70.0 Å². The molecular formula is C21H20N2O3S. The van der Waals surface area contributed by atoms with E-state index in [-0.39, 0.29) is 18.4 Å². The molecule has 2 aromatic carbocycles. The summed E-state index contributed by atoms with van der Waals surface area (Å²) in [6.07, 6.45) is 3.15. The Morgan fingerprint density at radius 1 is 1.15 bits per heavy atom. The van der Waals surface area contributed by atoms with Gasteiger partial charge in [0, 0.05) is 6.08 Å². The van der Waals surface area contributed by atoms with Gasteiger partial charge in [-0.05, 0) is 48.7 Å². The van der Waals surface area contributed by atoms with Crippen LogP contribution in [0.4, 0.5) is 0 Å². The molecule has 0 saturated carbocycles. The van der Waals surface area contributed by atoms with E-state index in [1.807, 2.05) is 56.3 Å². The standard InChI is InChI=1S/C21H20N2O3S/c1-14-11-17-18(12-15(14)2)27-21(23(17)13-20(25)26-3)22-19(24)10-9-16-7-5-4-6-8-16/h4-12H,13H2,1-3H3. The molecule has 0 aliphatic rings. The number of aryl methyl sites for hydroxylation is 2. The van der Waals surface area contributed by atoms with E-state index in [1.165, 1.54) is 24.5 Å². The first-order chi connectivity index (χ1) is 13.0. The van der Waals surface area contributed by atoms with Gasteiger partial charge in [0.05, 0.1) is 17.3 Å². The zero-order chi connectivity index (χ0) is 19.4. The second-order valence-electron chi connectivity index (χ2n) is 6.15. The molecule has 0 radical (unpaired) electrons. The highest BCUT2D eigenvalue weighted by atomic mass is 32.1. The van der Waals surface area contributed by atoms with Crippen LogP contribution in [0, 0.1) is 13.8 Å². The van der Waals surface area contributed by atoms with Gasteiger partial charge >= 0.3 is 5.97 Å². The molecule has 0 fully saturated rings. The molecule has 0 aliphatic heterocycles. The molecule has 1 heterocycles. The van der Waals surface area contributed by atoms with Crippen molar-refractivity contribution in [1.29, 1.82) is 0 Å². The summed E-state index contributed by atoms with van der Waals surface area (Å²) in [4.78, 5) is 28.9. The SMILES string of the molecule is COC(=O)Cn1c(=NC(=O)C=Cc2ccccc2)sc2cc(C)c(C)cc21. The molecule has 0 atom stereocenters. The maximum atomic E-state index is 12.3. The molecule has 3 rings (SSSR count). The summed E-state index contributed by atoms with van der Waals surface area (Å²) in [6, 6.07) is 13.6. The number of hydrogen-bond acceptors (Lipinski definition) is 4. The molecule has 6 heteroatoms. The van der Waals surface area contributed by atoms with Crippen molar-refractivity contribution in [3.63, 3.8) is 0 Å². The second-order valence-corrected chi connectivity index (χ2v) is 7.15. The van der Waals surface area contributed by atoms with Gasteiger partial charge in [-0.25, -0.2) is 0 Å². The van der Waals surface area contributed by atoms with Gasteiger partial charge in [0.1, 0.15) is 6.54 Å². The lowest BCUT2D eigenvalue weighted by atomic mass is 10.1. The Labute approximate surface area is 161 Å². The van der Waals surface area contributed by atoms with Crippen molar-refractivity contribution >= 4 is 39.5 Å². The van der Waals surface area contributed by atoms with Crippen LogP contribution in [-0.4, -0.2) is 23.6 Å². The van der Waals surface area contributed by atoms with Crippen molar-refractivity contribution in [2.24, 2.45) is 4.99 Å². The fraction of sp³-hybridized carbons (Fsp3) is 0.190. The summed E-state index contributed by atoms with van der Waals surface area (Å²) in [5.41, 5.74) is 4.05. The predicted octanol–water partition coefficient (Wildman–Crippen LogP) is 3.63. The van der Waals surface area contributed by atoms with E-state index in [2.05, 4.69) is 4.99 Å². The highest BCUT2D eigenvalue weighted by Gasteiger charge is 2.12. The quantitative estimate of drug-likeness (QED) is 0.513. The number of benzene rings is 2. The Balaban J connectivity index is 2.04. The van der Waals surface area contributed by atoms with Crippen LogP contribution in [0.15, 0.2) is 53.5 Å². The van der Waals surface area contributed by atoms with Crippen molar-refractivity contribution < 1.29 is 14.3 Å². The van der Waals surface area contributed by atoms with E-state index in [9.17, 15) is 9.59 Å². The first-order valence-corrected chi connectivity index (χ1v) is 9.29. The number of carbonyl (C=O) groups excluding carboxylic acids is 2. The zero-order valence-electron chi connectivity index (χ0n) is 15.4. The number of thiazole rings is 1. The van der Waals surface area contributed by atoms with E-state index >= 15 is 0 Å². The Morgan fingerprint density at radius 2 is 1.85 bits per heavy atom. The summed E-state index contributed by atoms with van der Waals surface area (Å²) >= 11 is 1.38. The van der Waals surface area contributed by atoms with Crippen LogP contribution in [0.3, 0.4) is 0 Å². The third-order valence-electron chi connectivity index (χ3n) is 4.24. The van der Waals surface area contributed by atoms with Crippen LogP contribution in [0.5, 0.6) is 0 Å². The summed E-state index contributed by atoms with van der Waals surface area (Å²) in [5.74, 6) is -0.765. The molecular weight excluding hydrogens is 360 g/mol. The summed E-state index contributed by atoms with van der Waals surface area (Å²) < 4.78 is 7.50. The van der Waals surface area contributed by atoms with Gasteiger partial charge in [-0.3, -0.25) is 9.59 Å². The number of fused-ring (bicyclic) bond motifs is 1. The number of hydrogen-bond donors (Lipinski definition) is 0. The molecule has 0 unspecified atom stereocenters. The number of aromatic nitrogens is 1. The number of rotatable bonds is 4. The number of nitrogens with zero attached hydrogens (tertiary/aromatic N) is 2. The van der Waals surface area contributed by atoms with E-state index < -0.39 is 0 Å². The number of amides is 1. The van der Waals surface area contributed by atoms with E-state index in [0.29, 0.717) is 4.80 Å². The third-order valence-corrected chi connectivity index (χ3v) is 5.28. The summed E-state index contributed by atoms with van der Waals surface area (Å²) in [5, 5.41) is 0. The van der Waals surface area contributed by atoms with Crippen molar-refractivity contribution in [3.8, 4) is 0 Å². The molecule has 27 heavy (non-hydrogen) atoms. The molecule has 0 bridgehead atoms. The topological polar surface area (TPSA) is 60.7 Å². The minimum absolute atomic E-state index is 0.00745.